The molecule has 1 amide bonds. The standard InChI is InChI=1S/C15H16F2N2O3/c1-22-15(21)12(8-3-2-4-9-18)19-14(20)10-6-5-7-11(16)13(10)17/h5-7,12H,2-4,8H2,1H3,(H,19,20)/t12-/m1/s1. The Balaban J connectivity index is 2.76. The average molecular weight is 310 g/mol. The summed E-state index contributed by atoms with van der Waals surface area (Å²) in [5.74, 6) is -3.99. The van der Waals surface area contributed by atoms with Gasteiger partial charge in [-0.1, -0.05) is 6.07 Å². The molecule has 1 aromatic rings. The van der Waals surface area contributed by atoms with Crippen molar-refractivity contribution in [2.45, 2.75) is 31.7 Å². The molecule has 0 radical (unpaired) electrons. The molecular formula is C15H16F2N2O3. The van der Waals surface area contributed by atoms with Crippen LogP contribution in [0.3, 0.4) is 0 Å². The fraction of sp³-hybridized carbons (Fsp3) is 0.400. The quantitative estimate of drug-likeness (QED) is 0.619. The molecule has 1 aromatic carbocycles. The van der Waals surface area contributed by atoms with Crippen molar-refractivity contribution in [3.63, 3.8) is 0 Å². The van der Waals surface area contributed by atoms with E-state index in [1.54, 1.807) is 0 Å². The Labute approximate surface area is 126 Å². The maximum absolute atomic E-state index is 13.5. The fourth-order valence-electron chi connectivity index (χ4n) is 1.86. The van der Waals surface area contributed by atoms with Gasteiger partial charge >= 0.3 is 5.97 Å². The summed E-state index contributed by atoms with van der Waals surface area (Å²) in [4.78, 5) is 23.6. The molecule has 1 N–H and O–H groups in total. The van der Waals surface area contributed by atoms with Crippen molar-refractivity contribution in [1.82, 2.24) is 5.32 Å². The van der Waals surface area contributed by atoms with E-state index < -0.39 is 35.1 Å². The number of hydrogen-bond acceptors (Lipinski definition) is 4. The third kappa shape index (κ3) is 4.81. The Kier molecular flexibility index (Phi) is 6.96. The second kappa shape index (κ2) is 8.72. The Morgan fingerprint density at radius 1 is 1.36 bits per heavy atom. The van der Waals surface area contributed by atoms with E-state index in [-0.39, 0.29) is 6.42 Å². The van der Waals surface area contributed by atoms with Gasteiger partial charge in [0.25, 0.3) is 5.91 Å². The summed E-state index contributed by atoms with van der Waals surface area (Å²) in [7, 11) is 1.17. The number of nitrogens with zero attached hydrogens (tertiary/aromatic N) is 1. The minimum absolute atomic E-state index is 0.247. The number of halogens is 2. The third-order valence-corrected chi connectivity index (χ3v) is 3.02. The van der Waals surface area contributed by atoms with Gasteiger partial charge < -0.3 is 10.1 Å². The zero-order valence-electron chi connectivity index (χ0n) is 12.1. The van der Waals surface area contributed by atoms with Gasteiger partial charge in [-0.25, -0.2) is 13.6 Å². The molecule has 1 atom stereocenters. The van der Waals surface area contributed by atoms with Crippen molar-refractivity contribution in [2.75, 3.05) is 7.11 Å². The van der Waals surface area contributed by atoms with Crippen molar-refractivity contribution in [3.05, 3.63) is 35.4 Å². The fourth-order valence-corrected chi connectivity index (χ4v) is 1.86. The predicted octanol–water partition coefficient (Wildman–Crippen LogP) is 2.32. The zero-order valence-corrected chi connectivity index (χ0v) is 12.1. The molecule has 0 saturated heterocycles. The number of benzene rings is 1. The van der Waals surface area contributed by atoms with Gasteiger partial charge in [-0.3, -0.25) is 4.79 Å². The van der Waals surface area contributed by atoms with Gasteiger partial charge in [-0.15, -0.1) is 0 Å². The van der Waals surface area contributed by atoms with E-state index in [4.69, 9.17) is 5.26 Å². The molecule has 0 heterocycles. The number of unbranched alkanes of at least 4 members (excludes halogenated alkanes) is 2. The first-order valence-electron chi connectivity index (χ1n) is 6.71. The lowest BCUT2D eigenvalue weighted by Gasteiger charge is -2.16. The van der Waals surface area contributed by atoms with Crippen LogP contribution in [0.5, 0.6) is 0 Å². The molecule has 118 valence electrons. The van der Waals surface area contributed by atoms with Crippen LogP contribution in [-0.4, -0.2) is 25.0 Å². The lowest BCUT2D eigenvalue weighted by Crippen LogP contribution is -2.41. The van der Waals surface area contributed by atoms with E-state index >= 15 is 0 Å². The Morgan fingerprint density at radius 2 is 2.09 bits per heavy atom. The predicted molar refractivity (Wildman–Crippen MR) is 73.7 cm³/mol. The summed E-state index contributed by atoms with van der Waals surface area (Å²) in [5, 5.41) is 10.8. The molecule has 0 bridgehead atoms. The van der Waals surface area contributed by atoms with Gasteiger partial charge in [-0.05, 0) is 31.4 Å². The normalized spacial score (nSPS) is 11.4. The van der Waals surface area contributed by atoms with Crippen LogP contribution in [-0.2, 0) is 9.53 Å². The molecule has 1 rings (SSSR count). The number of esters is 1. The monoisotopic (exact) mass is 310 g/mol. The number of ether oxygens (including phenoxy) is 1. The summed E-state index contributed by atoms with van der Waals surface area (Å²) in [6, 6.07) is 4.22. The molecule has 0 aliphatic carbocycles. The van der Waals surface area contributed by atoms with Gasteiger partial charge in [0.15, 0.2) is 11.6 Å². The van der Waals surface area contributed by atoms with Gasteiger partial charge in [0.1, 0.15) is 6.04 Å². The Hall–Kier alpha value is -2.49. The zero-order chi connectivity index (χ0) is 16.5. The van der Waals surface area contributed by atoms with Gasteiger partial charge in [0.2, 0.25) is 0 Å². The van der Waals surface area contributed by atoms with Crippen molar-refractivity contribution in [2.24, 2.45) is 0 Å². The van der Waals surface area contributed by atoms with Crippen molar-refractivity contribution < 1.29 is 23.1 Å². The largest absolute Gasteiger partial charge is 0.467 e. The molecule has 0 aliphatic heterocycles. The average Bonchev–Trinajstić information content (AvgIpc) is 2.52. The third-order valence-electron chi connectivity index (χ3n) is 3.02. The molecule has 0 aromatic heterocycles. The Bertz CT molecular complexity index is 585. The minimum Gasteiger partial charge on any atom is -0.467 e. The molecule has 7 heteroatoms. The van der Waals surface area contributed by atoms with E-state index in [1.807, 2.05) is 6.07 Å². The lowest BCUT2D eigenvalue weighted by molar-refractivity contribution is -0.143. The minimum atomic E-state index is -1.27. The highest BCUT2D eigenvalue weighted by Crippen LogP contribution is 2.12. The molecule has 5 nitrogen and oxygen atoms in total. The van der Waals surface area contributed by atoms with Gasteiger partial charge in [0.05, 0.1) is 18.7 Å². The number of rotatable bonds is 7. The molecule has 0 spiro atoms. The first-order chi connectivity index (χ1) is 10.5. The van der Waals surface area contributed by atoms with E-state index in [0.29, 0.717) is 19.3 Å². The van der Waals surface area contributed by atoms with Gasteiger partial charge in [-0.2, -0.15) is 5.26 Å². The maximum Gasteiger partial charge on any atom is 0.328 e. The van der Waals surface area contributed by atoms with Crippen molar-refractivity contribution >= 4 is 11.9 Å². The SMILES string of the molecule is COC(=O)[C@@H](CCCCC#N)NC(=O)c1cccc(F)c1F. The summed E-state index contributed by atoms with van der Waals surface area (Å²) in [6.45, 7) is 0. The number of carbonyl (C=O) groups is 2. The summed E-state index contributed by atoms with van der Waals surface area (Å²) < 4.78 is 31.2. The van der Waals surface area contributed by atoms with Crippen LogP contribution >= 0.6 is 0 Å². The smallest absolute Gasteiger partial charge is 0.328 e. The molecule has 22 heavy (non-hydrogen) atoms. The molecule has 0 fully saturated rings. The highest BCUT2D eigenvalue weighted by molar-refractivity contribution is 5.97. The molecule has 0 saturated carbocycles. The van der Waals surface area contributed by atoms with Crippen molar-refractivity contribution in [3.8, 4) is 6.07 Å². The van der Waals surface area contributed by atoms with Crippen LogP contribution in [0.4, 0.5) is 8.78 Å². The van der Waals surface area contributed by atoms with Crippen LogP contribution in [0.25, 0.3) is 0 Å². The Morgan fingerprint density at radius 3 is 2.73 bits per heavy atom. The van der Waals surface area contributed by atoms with Crippen LogP contribution < -0.4 is 5.32 Å². The van der Waals surface area contributed by atoms with E-state index in [1.165, 1.54) is 13.2 Å². The molecule has 0 unspecified atom stereocenters. The highest BCUT2D eigenvalue weighted by Gasteiger charge is 2.23. The van der Waals surface area contributed by atoms with E-state index in [0.717, 1.165) is 12.1 Å². The summed E-state index contributed by atoms with van der Waals surface area (Å²) in [6.07, 6.45) is 1.66. The van der Waals surface area contributed by atoms with E-state index in [2.05, 4.69) is 10.1 Å². The first kappa shape index (κ1) is 17.6. The van der Waals surface area contributed by atoms with E-state index in [9.17, 15) is 18.4 Å². The first-order valence-corrected chi connectivity index (χ1v) is 6.71. The van der Waals surface area contributed by atoms with Crippen LogP contribution in [0.2, 0.25) is 0 Å². The number of carbonyl (C=O) groups excluding carboxylic acids is 2. The van der Waals surface area contributed by atoms with Crippen LogP contribution in [0, 0.1) is 23.0 Å². The summed E-state index contributed by atoms with van der Waals surface area (Å²) in [5.41, 5.74) is -0.481. The number of hydrogen-bond donors (Lipinski definition) is 1. The highest BCUT2D eigenvalue weighted by atomic mass is 19.2. The second-order valence-electron chi connectivity index (χ2n) is 4.55. The van der Waals surface area contributed by atoms with Crippen LogP contribution in [0.15, 0.2) is 18.2 Å². The van der Waals surface area contributed by atoms with Gasteiger partial charge in [0, 0.05) is 6.42 Å². The molecule has 0 aliphatic rings. The topological polar surface area (TPSA) is 79.2 Å². The summed E-state index contributed by atoms with van der Waals surface area (Å²) >= 11 is 0. The molecular weight excluding hydrogens is 294 g/mol. The number of amides is 1. The lowest BCUT2D eigenvalue weighted by atomic mass is 10.1. The number of nitrogens with one attached hydrogen (secondary N) is 1. The number of nitriles is 1. The second-order valence-corrected chi connectivity index (χ2v) is 4.55. The van der Waals surface area contributed by atoms with Crippen molar-refractivity contribution in [1.29, 1.82) is 5.26 Å². The number of methoxy groups -OCH3 is 1. The maximum atomic E-state index is 13.5. The van der Waals surface area contributed by atoms with Crippen LogP contribution in [0.1, 0.15) is 36.0 Å².